The zero-order valence-electron chi connectivity index (χ0n) is 16.1. The van der Waals surface area contributed by atoms with E-state index in [0.29, 0.717) is 5.69 Å². The number of oxazole rings is 1. The second kappa shape index (κ2) is 8.47. The molecule has 8 heteroatoms. The lowest BCUT2D eigenvalue weighted by Crippen LogP contribution is -2.41. The number of aromatic nitrogens is 1. The van der Waals surface area contributed by atoms with E-state index in [4.69, 9.17) is 9.52 Å². The molecule has 1 aromatic heterocycles. The molecule has 152 valence electrons. The molecule has 2 aromatic carbocycles. The second-order valence-electron chi connectivity index (χ2n) is 6.62. The number of carboxylic acid groups (broad SMARTS) is 1. The molecule has 0 atom stereocenters. The fourth-order valence-electron chi connectivity index (χ4n) is 2.90. The number of hydrogen-bond acceptors (Lipinski definition) is 5. The Labute approximate surface area is 176 Å². The van der Waals surface area contributed by atoms with E-state index in [2.05, 4.69) is 21.9 Å². The Morgan fingerprint density at radius 1 is 1.10 bits per heavy atom. The van der Waals surface area contributed by atoms with Crippen molar-refractivity contribution < 1.29 is 23.9 Å². The molecule has 8 nitrogen and oxygen atoms in total. The van der Waals surface area contributed by atoms with Gasteiger partial charge in [-0.25, -0.2) is 14.8 Å². The van der Waals surface area contributed by atoms with Crippen molar-refractivity contribution in [1.82, 2.24) is 9.88 Å². The number of nitrogens with zero attached hydrogens (tertiary/aromatic N) is 3. The van der Waals surface area contributed by atoms with E-state index < -0.39 is 17.8 Å². The molecule has 2 heterocycles. The van der Waals surface area contributed by atoms with Crippen LogP contribution < -0.4 is 0 Å². The van der Waals surface area contributed by atoms with Gasteiger partial charge in [-0.15, -0.1) is 0 Å². The summed E-state index contributed by atoms with van der Waals surface area (Å²) in [5, 5.41) is 8.93. The van der Waals surface area contributed by atoms with Gasteiger partial charge in [0.1, 0.15) is 18.5 Å². The molecule has 1 aliphatic rings. The van der Waals surface area contributed by atoms with Crippen LogP contribution in [0, 0.1) is 12.0 Å². The van der Waals surface area contributed by atoms with Crippen LogP contribution in [0.25, 0.3) is 11.3 Å². The largest absolute Gasteiger partial charge is 0.478 e. The summed E-state index contributed by atoms with van der Waals surface area (Å²) < 4.78 is 5.39. The normalized spacial score (nSPS) is 13.4. The van der Waals surface area contributed by atoms with E-state index in [0.717, 1.165) is 16.0 Å². The molecule has 0 spiro atoms. The van der Waals surface area contributed by atoms with Gasteiger partial charge in [0.05, 0.1) is 5.56 Å². The smallest absolute Gasteiger partial charge is 0.335 e. The molecule has 0 fully saturated rings. The molecule has 31 heavy (non-hydrogen) atoms. The van der Waals surface area contributed by atoms with Crippen molar-refractivity contribution >= 4 is 23.5 Å². The molecule has 0 bridgehead atoms. The monoisotopic (exact) mass is 413 g/mol. The minimum Gasteiger partial charge on any atom is -0.478 e. The first kappa shape index (κ1) is 19.8. The Morgan fingerprint density at radius 2 is 1.84 bits per heavy atom. The molecule has 0 saturated heterocycles. The van der Waals surface area contributed by atoms with Crippen LogP contribution in [-0.4, -0.2) is 45.0 Å². The molecule has 1 aliphatic heterocycles. The van der Waals surface area contributed by atoms with Gasteiger partial charge in [-0.2, -0.15) is 0 Å². The highest BCUT2D eigenvalue weighted by molar-refractivity contribution is 6.47. The van der Waals surface area contributed by atoms with E-state index in [1.807, 2.05) is 30.3 Å². The second-order valence-corrected chi connectivity index (χ2v) is 6.62. The Balaban J connectivity index is 1.50. The fraction of sp³-hybridized carbons (Fsp3) is 0.0870. The topological polar surface area (TPSA) is 113 Å². The maximum absolute atomic E-state index is 12.8. The fourth-order valence-corrected chi connectivity index (χ4v) is 2.90. The highest BCUT2D eigenvalue weighted by Crippen LogP contribution is 2.19. The van der Waals surface area contributed by atoms with E-state index >= 15 is 0 Å². The number of aliphatic imine (C=N–C) groups is 1. The van der Waals surface area contributed by atoms with Crippen LogP contribution in [0.3, 0.4) is 0 Å². The lowest BCUT2D eigenvalue weighted by molar-refractivity contribution is -0.128. The molecular weight excluding hydrogens is 398 g/mol. The molecule has 0 radical (unpaired) electrons. The average Bonchev–Trinajstić information content (AvgIpc) is 3.27. The maximum Gasteiger partial charge on any atom is 0.335 e. The first-order valence-corrected chi connectivity index (χ1v) is 9.27. The standard InChI is InChI=1S/C23H15N3O5/c27-19-13-26(12-4-5-15-8-10-17(11-9-15)23(29)30)22(28)20(25-19)21-24-18(14-31-21)16-6-2-1-3-7-16/h1-3,6-11,14H,5,13H2,(H,29,30). The summed E-state index contributed by atoms with van der Waals surface area (Å²) in [6, 6.07) is 18.2. The zero-order chi connectivity index (χ0) is 21.8. The van der Waals surface area contributed by atoms with Crippen LogP contribution in [0.15, 0.2) is 70.3 Å². The Morgan fingerprint density at radius 3 is 2.55 bits per heavy atom. The summed E-state index contributed by atoms with van der Waals surface area (Å²) in [6.07, 6.45) is 1.68. The number of carbonyl (C=O) groups excluding carboxylic acids is 2. The number of carboxylic acids is 1. The van der Waals surface area contributed by atoms with Crippen molar-refractivity contribution in [2.75, 3.05) is 6.54 Å². The van der Waals surface area contributed by atoms with Gasteiger partial charge in [-0.05, 0) is 17.7 Å². The lowest BCUT2D eigenvalue weighted by atomic mass is 10.1. The van der Waals surface area contributed by atoms with Gasteiger partial charge in [0.25, 0.3) is 17.7 Å². The number of carbonyl (C=O) groups is 3. The Kier molecular flexibility index (Phi) is 5.41. The summed E-state index contributed by atoms with van der Waals surface area (Å²) in [5.74, 6) is 0.658. The molecular formula is C23H15N3O5. The van der Waals surface area contributed by atoms with Crippen molar-refractivity contribution in [3.05, 3.63) is 77.9 Å². The minimum absolute atomic E-state index is 0.0482. The Hall–Kier alpha value is -4.51. The summed E-state index contributed by atoms with van der Waals surface area (Å²) >= 11 is 0. The van der Waals surface area contributed by atoms with Gasteiger partial charge < -0.3 is 9.52 Å². The van der Waals surface area contributed by atoms with Crippen LogP contribution in [-0.2, 0) is 16.0 Å². The third-order valence-electron chi connectivity index (χ3n) is 4.46. The van der Waals surface area contributed by atoms with Crippen molar-refractivity contribution in [2.45, 2.75) is 6.42 Å². The molecule has 2 amide bonds. The van der Waals surface area contributed by atoms with E-state index in [-0.39, 0.29) is 30.1 Å². The number of amides is 2. The minimum atomic E-state index is -1.01. The van der Waals surface area contributed by atoms with Gasteiger partial charge in [0.15, 0.2) is 5.71 Å². The van der Waals surface area contributed by atoms with Gasteiger partial charge in [0, 0.05) is 18.0 Å². The number of rotatable bonds is 4. The molecule has 0 unspecified atom stereocenters. The maximum atomic E-state index is 12.8. The Bertz CT molecular complexity index is 1250. The summed E-state index contributed by atoms with van der Waals surface area (Å²) in [5.41, 5.74) is 2.08. The molecule has 4 rings (SSSR count). The van der Waals surface area contributed by atoms with Gasteiger partial charge in [-0.3, -0.25) is 14.5 Å². The lowest BCUT2D eigenvalue weighted by Gasteiger charge is -2.17. The van der Waals surface area contributed by atoms with Crippen molar-refractivity contribution in [3.63, 3.8) is 0 Å². The summed E-state index contributed by atoms with van der Waals surface area (Å²) in [7, 11) is 0. The van der Waals surface area contributed by atoms with Gasteiger partial charge in [0.2, 0.25) is 0 Å². The first-order valence-electron chi connectivity index (χ1n) is 9.27. The van der Waals surface area contributed by atoms with Crippen LogP contribution in [0.1, 0.15) is 21.8 Å². The number of benzene rings is 2. The van der Waals surface area contributed by atoms with Crippen LogP contribution in [0.2, 0.25) is 0 Å². The molecule has 0 saturated carbocycles. The third-order valence-corrected chi connectivity index (χ3v) is 4.46. The zero-order valence-corrected chi connectivity index (χ0v) is 16.1. The van der Waals surface area contributed by atoms with Gasteiger partial charge >= 0.3 is 5.97 Å². The van der Waals surface area contributed by atoms with Crippen molar-refractivity contribution in [2.24, 2.45) is 4.99 Å². The highest BCUT2D eigenvalue weighted by Gasteiger charge is 2.31. The average molecular weight is 413 g/mol. The van der Waals surface area contributed by atoms with Gasteiger partial charge in [-0.1, -0.05) is 48.4 Å². The highest BCUT2D eigenvalue weighted by atomic mass is 16.4. The SMILES string of the molecule is O=C1CN(C#CCc2ccc(C(=O)O)cc2)C(=O)C(c2nc(-c3ccccc3)co2)=N1. The number of hydrogen-bond donors (Lipinski definition) is 1. The molecule has 1 N–H and O–H groups in total. The third kappa shape index (κ3) is 4.41. The van der Waals surface area contributed by atoms with Crippen LogP contribution in [0.4, 0.5) is 0 Å². The van der Waals surface area contributed by atoms with Crippen LogP contribution >= 0.6 is 0 Å². The van der Waals surface area contributed by atoms with Crippen molar-refractivity contribution in [3.8, 4) is 23.2 Å². The summed E-state index contributed by atoms with van der Waals surface area (Å²) in [4.78, 5) is 44.8. The quantitative estimate of drug-likeness (QED) is 0.657. The van der Waals surface area contributed by atoms with E-state index in [9.17, 15) is 14.4 Å². The van der Waals surface area contributed by atoms with Crippen molar-refractivity contribution in [1.29, 1.82) is 0 Å². The first-order chi connectivity index (χ1) is 15.0. The number of aromatic carboxylic acids is 1. The molecule has 0 aliphatic carbocycles. The summed E-state index contributed by atoms with van der Waals surface area (Å²) in [6.45, 7) is -0.264. The predicted molar refractivity (Wildman–Crippen MR) is 110 cm³/mol. The van der Waals surface area contributed by atoms with E-state index in [1.54, 1.807) is 12.1 Å². The predicted octanol–water partition coefficient (Wildman–Crippen LogP) is 2.40. The molecule has 3 aromatic rings. The van der Waals surface area contributed by atoms with E-state index in [1.165, 1.54) is 18.4 Å². The van der Waals surface area contributed by atoms with Crippen LogP contribution in [0.5, 0.6) is 0 Å².